The van der Waals surface area contributed by atoms with E-state index in [1.807, 2.05) is 0 Å². The first-order valence-corrected chi connectivity index (χ1v) is 11.4. The second-order valence-corrected chi connectivity index (χ2v) is 9.32. The van der Waals surface area contributed by atoms with Crippen molar-refractivity contribution in [3.63, 3.8) is 0 Å². The Morgan fingerprint density at radius 1 is 1.06 bits per heavy atom. The van der Waals surface area contributed by atoms with Crippen molar-refractivity contribution in [2.75, 3.05) is 37.7 Å². The summed E-state index contributed by atoms with van der Waals surface area (Å²) in [6.45, 7) is 3.25. The molecule has 0 N–H and O–H groups in total. The van der Waals surface area contributed by atoms with E-state index in [2.05, 4.69) is 0 Å². The summed E-state index contributed by atoms with van der Waals surface area (Å²) in [5.74, 6) is -2.36. The average molecular weight is 452 g/mol. The Labute approximate surface area is 179 Å². The van der Waals surface area contributed by atoms with E-state index >= 15 is 0 Å². The van der Waals surface area contributed by atoms with Crippen molar-refractivity contribution in [2.45, 2.75) is 24.3 Å². The third-order valence-electron chi connectivity index (χ3n) is 5.37. The maximum absolute atomic E-state index is 13.4. The van der Waals surface area contributed by atoms with Crippen molar-refractivity contribution in [2.24, 2.45) is 0 Å². The summed E-state index contributed by atoms with van der Waals surface area (Å²) in [5.41, 5.74) is 1.37. The highest BCUT2D eigenvalue weighted by Crippen LogP contribution is 2.32. The van der Waals surface area contributed by atoms with Crippen LogP contribution < -0.4 is 9.64 Å². The molecule has 1 saturated heterocycles. The van der Waals surface area contributed by atoms with Gasteiger partial charge in [-0.2, -0.15) is 4.31 Å². The van der Waals surface area contributed by atoms with E-state index in [1.165, 1.54) is 28.3 Å². The Kier molecular flexibility index (Phi) is 5.96. The summed E-state index contributed by atoms with van der Waals surface area (Å²) >= 11 is 0. The van der Waals surface area contributed by atoms with Crippen LogP contribution in [0.4, 0.5) is 14.5 Å². The number of rotatable bonds is 5. The number of hydrogen-bond donors (Lipinski definition) is 0. The smallest absolute Gasteiger partial charge is 0.267 e. The fourth-order valence-electron chi connectivity index (χ4n) is 3.73. The van der Waals surface area contributed by atoms with Crippen molar-refractivity contribution >= 4 is 21.6 Å². The van der Waals surface area contributed by atoms with Gasteiger partial charge in [0.1, 0.15) is 5.75 Å². The lowest BCUT2D eigenvalue weighted by Crippen LogP contribution is -2.40. The average Bonchev–Trinajstić information content (AvgIpc) is 3.19. The van der Waals surface area contributed by atoms with Crippen LogP contribution >= 0.6 is 0 Å². The molecule has 2 aromatic rings. The van der Waals surface area contributed by atoms with E-state index in [0.29, 0.717) is 45.0 Å². The van der Waals surface area contributed by atoms with Crippen LogP contribution in [0, 0.1) is 11.6 Å². The molecule has 166 valence electrons. The number of ether oxygens (including phenoxy) is 2. The van der Waals surface area contributed by atoms with Crippen molar-refractivity contribution in [3.8, 4) is 5.75 Å². The third-order valence-corrected chi connectivity index (χ3v) is 7.27. The number of carbonyl (C=O) groups excluding carboxylic acids is 1. The number of halogens is 2. The highest BCUT2D eigenvalue weighted by Gasteiger charge is 2.32. The number of anilines is 1. The standard InChI is InChI=1S/C21H22F2N2O5S/c1-14(30-16-2-4-18(22)19(23)13-16)21(26)25-7-6-15-12-17(3-5-20(15)25)31(27,28)24-8-10-29-11-9-24/h2-5,12-14H,6-11H2,1H3. The van der Waals surface area contributed by atoms with Gasteiger partial charge in [0.25, 0.3) is 5.91 Å². The van der Waals surface area contributed by atoms with Crippen molar-refractivity contribution < 1.29 is 31.5 Å². The van der Waals surface area contributed by atoms with E-state index in [1.54, 1.807) is 12.1 Å². The highest BCUT2D eigenvalue weighted by atomic mass is 32.2. The van der Waals surface area contributed by atoms with Crippen molar-refractivity contribution in [1.29, 1.82) is 0 Å². The van der Waals surface area contributed by atoms with Crippen LogP contribution in [-0.2, 0) is 26.0 Å². The van der Waals surface area contributed by atoms with Gasteiger partial charge in [-0.25, -0.2) is 17.2 Å². The largest absolute Gasteiger partial charge is 0.481 e. The zero-order valence-electron chi connectivity index (χ0n) is 16.9. The van der Waals surface area contributed by atoms with Crippen LogP contribution in [0.1, 0.15) is 12.5 Å². The first-order valence-electron chi connectivity index (χ1n) is 9.91. The zero-order chi connectivity index (χ0) is 22.2. The second kappa shape index (κ2) is 8.52. The lowest BCUT2D eigenvalue weighted by Gasteiger charge is -2.26. The molecular formula is C21H22F2N2O5S. The molecule has 0 aromatic heterocycles. The molecule has 1 fully saturated rings. The van der Waals surface area contributed by atoms with E-state index < -0.39 is 27.8 Å². The summed E-state index contributed by atoms with van der Waals surface area (Å²) in [6, 6.07) is 7.80. The fourth-order valence-corrected chi connectivity index (χ4v) is 5.19. The summed E-state index contributed by atoms with van der Waals surface area (Å²) in [4.78, 5) is 14.6. The SMILES string of the molecule is CC(Oc1ccc(F)c(F)c1)C(=O)N1CCc2cc(S(=O)(=O)N3CCOCC3)ccc21. The number of morpholine rings is 1. The first-order chi connectivity index (χ1) is 14.8. The Hall–Kier alpha value is -2.56. The van der Waals surface area contributed by atoms with Crippen molar-refractivity contribution in [3.05, 3.63) is 53.6 Å². The Balaban J connectivity index is 1.50. The number of sulfonamides is 1. The monoisotopic (exact) mass is 452 g/mol. The van der Waals surface area contributed by atoms with E-state index in [4.69, 9.17) is 9.47 Å². The topological polar surface area (TPSA) is 76.2 Å². The number of hydrogen-bond acceptors (Lipinski definition) is 5. The molecule has 2 aliphatic rings. The number of amides is 1. The van der Waals surface area contributed by atoms with Gasteiger partial charge < -0.3 is 14.4 Å². The van der Waals surface area contributed by atoms with Crippen LogP contribution in [-0.4, -0.2) is 57.6 Å². The molecule has 1 atom stereocenters. The van der Waals surface area contributed by atoms with Gasteiger partial charge in [-0.05, 0) is 49.2 Å². The molecule has 2 aliphatic heterocycles. The first kappa shape index (κ1) is 21.7. The molecule has 0 bridgehead atoms. The molecule has 0 aliphatic carbocycles. The zero-order valence-corrected chi connectivity index (χ0v) is 17.7. The molecule has 7 nitrogen and oxygen atoms in total. The van der Waals surface area contributed by atoms with E-state index in [-0.39, 0.29) is 16.6 Å². The van der Waals surface area contributed by atoms with Gasteiger partial charge in [0, 0.05) is 31.4 Å². The predicted molar refractivity (Wildman–Crippen MR) is 109 cm³/mol. The van der Waals surface area contributed by atoms with E-state index in [9.17, 15) is 22.0 Å². The summed E-state index contributed by atoms with van der Waals surface area (Å²) < 4.78 is 64.3. The molecule has 0 saturated carbocycles. The van der Waals surface area contributed by atoms with E-state index in [0.717, 1.165) is 17.7 Å². The lowest BCUT2D eigenvalue weighted by atomic mass is 10.2. The Morgan fingerprint density at radius 3 is 2.52 bits per heavy atom. The van der Waals surface area contributed by atoms with Gasteiger partial charge in [-0.15, -0.1) is 0 Å². The van der Waals surface area contributed by atoms with Gasteiger partial charge in [-0.3, -0.25) is 4.79 Å². The maximum Gasteiger partial charge on any atom is 0.267 e. The molecule has 2 heterocycles. The van der Waals surface area contributed by atoms with Crippen LogP contribution in [0.3, 0.4) is 0 Å². The maximum atomic E-state index is 13.4. The summed E-state index contributed by atoms with van der Waals surface area (Å²) in [6.07, 6.45) is -0.432. The number of benzene rings is 2. The molecular weight excluding hydrogens is 430 g/mol. The van der Waals surface area contributed by atoms with Gasteiger partial charge in [0.05, 0.1) is 18.1 Å². The molecule has 2 aromatic carbocycles. The predicted octanol–water partition coefficient (Wildman–Crippen LogP) is 2.34. The van der Waals surface area contributed by atoms with Gasteiger partial charge >= 0.3 is 0 Å². The molecule has 1 amide bonds. The van der Waals surface area contributed by atoms with Gasteiger partial charge in [-0.1, -0.05) is 0 Å². The molecule has 31 heavy (non-hydrogen) atoms. The number of fused-ring (bicyclic) bond motifs is 1. The minimum absolute atomic E-state index is 0.0473. The van der Waals surface area contributed by atoms with Crippen molar-refractivity contribution in [1.82, 2.24) is 4.31 Å². The normalized spacial score (nSPS) is 18.0. The third kappa shape index (κ3) is 4.28. The molecule has 0 spiro atoms. The fraction of sp³-hybridized carbons (Fsp3) is 0.381. The minimum atomic E-state index is -3.63. The molecule has 1 unspecified atom stereocenters. The minimum Gasteiger partial charge on any atom is -0.481 e. The quantitative estimate of drug-likeness (QED) is 0.696. The molecule has 4 rings (SSSR count). The summed E-state index contributed by atoms with van der Waals surface area (Å²) in [7, 11) is -3.63. The Morgan fingerprint density at radius 2 is 1.81 bits per heavy atom. The highest BCUT2D eigenvalue weighted by molar-refractivity contribution is 7.89. The second-order valence-electron chi connectivity index (χ2n) is 7.38. The van der Waals surface area contributed by atoms with Gasteiger partial charge in [0.2, 0.25) is 10.0 Å². The van der Waals surface area contributed by atoms with Gasteiger partial charge in [0.15, 0.2) is 17.7 Å². The molecule has 0 radical (unpaired) electrons. The lowest BCUT2D eigenvalue weighted by molar-refractivity contribution is -0.124. The van der Waals surface area contributed by atoms with Crippen LogP contribution in [0.2, 0.25) is 0 Å². The van der Waals surface area contributed by atoms with Crippen LogP contribution in [0.25, 0.3) is 0 Å². The van der Waals surface area contributed by atoms with Crippen LogP contribution in [0.5, 0.6) is 5.75 Å². The molecule has 10 heteroatoms. The van der Waals surface area contributed by atoms with Crippen LogP contribution in [0.15, 0.2) is 41.3 Å². The summed E-state index contributed by atoms with van der Waals surface area (Å²) in [5, 5.41) is 0. The Bertz CT molecular complexity index is 1100. The number of carbonyl (C=O) groups is 1. The number of nitrogens with zero attached hydrogens (tertiary/aromatic N) is 2.